The van der Waals surface area contributed by atoms with Crippen molar-refractivity contribution < 1.29 is 23.7 Å². The molecule has 3 aromatic rings. The van der Waals surface area contributed by atoms with Crippen molar-refractivity contribution in [2.24, 2.45) is 0 Å². The number of ether oxygens (including phenoxy) is 4. The number of fused-ring (bicyclic) bond motifs is 1. The first-order valence-electron chi connectivity index (χ1n) is 11.0. The molecule has 0 bridgehead atoms. The number of carbonyl (C=O) groups is 1. The molecule has 182 valence electrons. The van der Waals surface area contributed by atoms with Crippen LogP contribution in [0.25, 0.3) is 10.2 Å². The van der Waals surface area contributed by atoms with Crippen LogP contribution in [0, 0.1) is 0 Å². The molecule has 1 amide bonds. The minimum atomic E-state index is -0.167. The van der Waals surface area contributed by atoms with Gasteiger partial charge in [0.2, 0.25) is 5.75 Å². The van der Waals surface area contributed by atoms with E-state index in [-0.39, 0.29) is 5.91 Å². The Kier molecular flexibility index (Phi) is 8.25. The summed E-state index contributed by atoms with van der Waals surface area (Å²) in [6, 6.07) is 9.29. The Morgan fingerprint density at radius 3 is 2.47 bits per heavy atom. The van der Waals surface area contributed by atoms with Gasteiger partial charge in [0.05, 0.1) is 44.8 Å². The lowest BCUT2D eigenvalue weighted by molar-refractivity contribution is 0.0376. The van der Waals surface area contributed by atoms with Crippen molar-refractivity contribution in [2.75, 3.05) is 65.6 Å². The van der Waals surface area contributed by atoms with Gasteiger partial charge in [-0.05, 0) is 36.8 Å². The number of methoxy groups -OCH3 is 3. The molecule has 2 heterocycles. The summed E-state index contributed by atoms with van der Waals surface area (Å²) < 4.78 is 23.8. The zero-order chi connectivity index (χ0) is 24.1. The summed E-state index contributed by atoms with van der Waals surface area (Å²) >= 11 is 5.02. The van der Waals surface area contributed by atoms with Gasteiger partial charge in [0.25, 0.3) is 5.91 Å². The average Bonchev–Trinajstić information content (AvgIpc) is 3.28. The van der Waals surface area contributed by atoms with Crippen molar-refractivity contribution in [1.29, 1.82) is 0 Å². The lowest BCUT2D eigenvalue weighted by Gasteiger charge is -2.28. The van der Waals surface area contributed by atoms with Gasteiger partial charge in [-0.3, -0.25) is 14.6 Å². The fraction of sp³-hybridized carbons (Fsp3) is 0.417. The highest BCUT2D eigenvalue weighted by molar-refractivity contribution is 9.10. The predicted molar refractivity (Wildman–Crippen MR) is 137 cm³/mol. The highest BCUT2D eigenvalue weighted by atomic mass is 79.9. The molecular formula is C24H28BrN3O5S. The van der Waals surface area contributed by atoms with Crippen LogP contribution in [0.2, 0.25) is 0 Å². The molecule has 0 atom stereocenters. The first-order valence-corrected chi connectivity index (χ1v) is 12.6. The van der Waals surface area contributed by atoms with E-state index in [2.05, 4.69) is 20.8 Å². The topological polar surface area (TPSA) is 73.4 Å². The molecule has 0 N–H and O–H groups in total. The second-order valence-corrected chi connectivity index (χ2v) is 9.71. The number of carbonyl (C=O) groups excluding carboxylic acids is 1. The Labute approximate surface area is 211 Å². The van der Waals surface area contributed by atoms with Gasteiger partial charge in [-0.25, -0.2) is 4.98 Å². The molecule has 0 saturated carbocycles. The number of halogens is 1. The van der Waals surface area contributed by atoms with Gasteiger partial charge in [-0.2, -0.15) is 0 Å². The Morgan fingerprint density at radius 1 is 1.12 bits per heavy atom. The van der Waals surface area contributed by atoms with E-state index < -0.39 is 0 Å². The number of hydrogen-bond donors (Lipinski definition) is 0. The summed E-state index contributed by atoms with van der Waals surface area (Å²) in [6.07, 6.45) is 0.815. The Balaban J connectivity index is 1.65. The highest BCUT2D eigenvalue weighted by Gasteiger charge is 2.25. The summed E-state index contributed by atoms with van der Waals surface area (Å²) in [5, 5.41) is 0.661. The van der Waals surface area contributed by atoms with E-state index in [0.29, 0.717) is 34.5 Å². The molecule has 0 aliphatic carbocycles. The van der Waals surface area contributed by atoms with E-state index in [1.165, 1.54) is 25.6 Å². The average molecular weight is 550 g/mol. The van der Waals surface area contributed by atoms with Crippen LogP contribution in [0.1, 0.15) is 16.8 Å². The quantitative estimate of drug-likeness (QED) is 0.390. The molecule has 1 fully saturated rings. The monoisotopic (exact) mass is 549 g/mol. The van der Waals surface area contributed by atoms with E-state index in [0.717, 1.165) is 54.0 Å². The normalized spacial score (nSPS) is 14.2. The van der Waals surface area contributed by atoms with Crippen LogP contribution in [-0.2, 0) is 4.74 Å². The number of rotatable bonds is 9. The molecule has 1 saturated heterocycles. The number of hydrogen-bond acceptors (Lipinski definition) is 8. The number of anilines is 1. The van der Waals surface area contributed by atoms with E-state index >= 15 is 0 Å². The fourth-order valence-electron chi connectivity index (χ4n) is 3.92. The van der Waals surface area contributed by atoms with Gasteiger partial charge >= 0.3 is 0 Å². The molecule has 4 rings (SSSR count). The summed E-state index contributed by atoms with van der Waals surface area (Å²) in [5.74, 6) is 1.16. The maximum atomic E-state index is 13.8. The lowest BCUT2D eigenvalue weighted by Crippen LogP contribution is -2.39. The van der Waals surface area contributed by atoms with E-state index in [1.807, 2.05) is 18.2 Å². The minimum absolute atomic E-state index is 0.167. The molecule has 1 aromatic heterocycles. The summed E-state index contributed by atoms with van der Waals surface area (Å²) in [4.78, 5) is 22.7. The predicted octanol–water partition coefficient (Wildman–Crippen LogP) is 4.45. The zero-order valence-electron chi connectivity index (χ0n) is 19.5. The standard InChI is InChI=1S/C24H28BrN3O5S/c1-30-19-13-16(14-20(31-2)22(19)32-3)23(29)28(8-4-7-27-9-11-33-12-10-27)24-26-18-6-5-17(25)15-21(18)34-24/h5-6,13-15H,4,7-12H2,1-3H3. The second-order valence-electron chi connectivity index (χ2n) is 7.79. The van der Waals surface area contributed by atoms with Crippen molar-refractivity contribution in [1.82, 2.24) is 9.88 Å². The minimum Gasteiger partial charge on any atom is -0.493 e. The number of amides is 1. The maximum absolute atomic E-state index is 13.8. The van der Waals surface area contributed by atoms with Gasteiger partial charge in [0.1, 0.15) is 0 Å². The summed E-state index contributed by atoms with van der Waals surface area (Å²) in [7, 11) is 4.62. The van der Waals surface area contributed by atoms with Crippen LogP contribution in [0.5, 0.6) is 17.2 Å². The number of aromatic nitrogens is 1. The summed E-state index contributed by atoms with van der Waals surface area (Å²) in [5.41, 5.74) is 1.31. The van der Waals surface area contributed by atoms with Crippen LogP contribution in [0.15, 0.2) is 34.8 Å². The van der Waals surface area contributed by atoms with Crippen molar-refractivity contribution in [3.8, 4) is 17.2 Å². The van der Waals surface area contributed by atoms with Gasteiger partial charge < -0.3 is 18.9 Å². The van der Waals surface area contributed by atoms with Crippen LogP contribution < -0.4 is 19.1 Å². The van der Waals surface area contributed by atoms with Gasteiger partial charge in [-0.1, -0.05) is 27.3 Å². The molecule has 0 unspecified atom stereocenters. The van der Waals surface area contributed by atoms with Crippen molar-refractivity contribution in [3.63, 3.8) is 0 Å². The smallest absolute Gasteiger partial charge is 0.260 e. The first-order chi connectivity index (χ1) is 16.5. The van der Waals surface area contributed by atoms with Crippen LogP contribution >= 0.6 is 27.3 Å². The van der Waals surface area contributed by atoms with Crippen molar-refractivity contribution >= 4 is 48.5 Å². The lowest BCUT2D eigenvalue weighted by atomic mass is 10.1. The number of benzene rings is 2. The number of thiazole rings is 1. The van der Waals surface area contributed by atoms with Gasteiger partial charge in [-0.15, -0.1) is 0 Å². The molecule has 2 aromatic carbocycles. The molecule has 1 aliphatic rings. The second kappa shape index (κ2) is 11.4. The molecule has 0 spiro atoms. The third-order valence-corrected chi connectivity index (χ3v) is 7.22. The molecular weight excluding hydrogens is 522 g/mol. The summed E-state index contributed by atoms with van der Waals surface area (Å²) in [6.45, 7) is 4.75. The zero-order valence-corrected chi connectivity index (χ0v) is 21.9. The fourth-order valence-corrected chi connectivity index (χ4v) is 5.47. The molecule has 0 radical (unpaired) electrons. The largest absolute Gasteiger partial charge is 0.493 e. The molecule has 10 heteroatoms. The number of morpholine rings is 1. The third-order valence-electron chi connectivity index (χ3n) is 5.69. The van der Waals surface area contributed by atoms with Gasteiger partial charge in [0.15, 0.2) is 16.6 Å². The van der Waals surface area contributed by atoms with E-state index in [4.69, 9.17) is 23.9 Å². The highest BCUT2D eigenvalue weighted by Crippen LogP contribution is 2.39. The Hall–Kier alpha value is -2.40. The molecule has 8 nitrogen and oxygen atoms in total. The first kappa shape index (κ1) is 24.7. The van der Waals surface area contributed by atoms with Crippen molar-refractivity contribution in [3.05, 3.63) is 40.4 Å². The number of nitrogens with zero attached hydrogens (tertiary/aromatic N) is 3. The van der Waals surface area contributed by atoms with E-state index in [1.54, 1.807) is 24.1 Å². The molecule has 34 heavy (non-hydrogen) atoms. The van der Waals surface area contributed by atoms with Crippen molar-refractivity contribution in [2.45, 2.75) is 6.42 Å². The Bertz CT molecular complexity index is 1120. The SMILES string of the molecule is COc1cc(C(=O)N(CCCN2CCOCC2)c2nc3ccc(Br)cc3s2)cc(OC)c1OC. The third kappa shape index (κ3) is 5.46. The maximum Gasteiger partial charge on any atom is 0.260 e. The van der Waals surface area contributed by atoms with Crippen LogP contribution in [-0.4, -0.2) is 76.5 Å². The van der Waals surface area contributed by atoms with Gasteiger partial charge in [0, 0.05) is 36.2 Å². The van der Waals surface area contributed by atoms with E-state index in [9.17, 15) is 4.79 Å². The van der Waals surface area contributed by atoms with Crippen LogP contribution in [0.4, 0.5) is 5.13 Å². The Morgan fingerprint density at radius 2 is 1.82 bits per heavy atom. The molecule has 1 aliphatic heterocycles. The van der Waals surface area contributed by atoms with Crippen LogP contribution in [0.3, 0.4) is 0 Å².